The highest BCUT2D eigenvalue weighted by atomic mass is 35.5. The molecule has 0 bridgehead atoms. The summed E-state index contributed by atoms with van der Waals surface area (Å²) < 4.78 is 53.4. The van der Waals surface area contributed by atoms with Crippen LogP contribution >= 0.6 is 23.2 Å². The highest BCUT2D eigenvalue weighted by molar-refractivity contribution is 6.42. The summed E-state index contributed by atoms with van der Waals surface area (Å²) in [6.45, 7) is -0.0560. The summed E-state index contributed by atoms with van der Waals surface area (Å²) in [5.41, 5.74) is 3.93. The standard InChI is InChI=1S/C49H35Cl2F3N4O7/c50-38-17-8-29(18-39(38)51)26-64-37-15-13-32(14-16-37)44-46(60)56-40-21-34-22-42(58(25-35(34)23-43(40)65-44)47(61)33-2-1-3-36(20-33)49(52,53)54)45(59)57-41(48(62)63)19-27-4-9-30(10-5-27)31-11-6-28(24-55)7-12-31/h1-18,20-21,23,41-42,44H,19,22,25-26H2,(H,56,60)(H,57,59)(H,62,63)/t41-,42?,44-/m0/s1. The van der Waals surface area contributed by atoms with Gasteiger partial charge < -0.3 is 30.1 Å². The fraction of sp³-hybridized carbons (Fsp3) is 0.163. The minimum atomic E-state index is -4.76. The maximum atomic E-state index is 14.2. The molecule has 0 fully saturated rings. The number of amides is 3. The third kappa shape index (κ3) is 9.92. The molecule has 6 aromatic carbocycles. The van der Waals surface area contributed by atoms with E-state index in [2.05, 4.69) is 16.7 Å². The fourth-order valence-corrected chi connectivity index (χ4v) is 7.98. The van der Waals surface area contributed by atoms with E-state index in [1.165, 1.54) is 6.07 Å². The minimum Gasteiger partial charge on any atom is -0.489 e. The van der Waals surface area contributed by atoms with Crippen molar-refractivity contribution in [3.05, 3.63) is 182 Å². The highest BCUT2D eigenvalue weighted by Crippen LogP contribution is 2.40. The number of nitriles is 1. The SMILES string of the molecule is N#Cc1ccc(-c2ccc(C[C@H](NC(=O)C3Cc4cc5c(cc4CN3C(=O)c3cccc(C(F)(F)F)c3)O[C@@H](c3ccc(OCc4ccc(Cl)c(Cl)c4)cc3)C(=O)N5)C(=O)O)cc2)cc1. The first-order valence-electron chi connectivity index (χ1n) is 20.0. The van der Waals surface area contributed by atoms with Crippen molar-refractivity contribution in [3.63, 3.8) is 0 Å². The Hall–Kier alpha value is -7.34. The Labute approximate surface area is 379 Å². The molecule has 8 rings (SSSR count). The zero-order valence-electron chi connectivity index (χ0n) is 33.9. The number of carbonyl (C=O) groups is 4. The van der Waals surface area contributed by atoms with E-state index in [-0.39, 0.29) is 43.0 Å². The number of alkyl halides is 3. The van der Waals surface area contributed by atoms with Crippen molar-refractivity contribution < 1.29 is 46.9 Å². The van der Waals surface area contributed by atoms with Gasteiger partial charge >= 0.3 is 12.1 Å². The number of carbonyl (C=O) groups excluding carboxylic acids is 3. The Balaban J connectivity index is 1.03. The monoisotopic (exact) mass is 918 g/mol. The molecular formula is C49H35Cl2F3N4O7. The van der Waals surface area contributed by atoms with Crippen molar-refractivity contribution >= 4 is 52.6 Å². The van der Waals surface area contributed by atoms with Gasteiger partial charge in [0.25, 0.3) is 11.8 Å². The fourth-order valence-electron chi connectivity index (χ4n) is 7.66. The van der Waals surface area contributed by atoms with Crippen LogP contribution in [0, 0.1) is 11.3 Å². The Kier molecular flexibility index (Phi) is 12.5. The second-order valence-corrected chi connectivity index (χ2v) is 16.2. The molecule has 2 aliphatic rings. The molecule has 65 heavy (non-hydrogen) atoms. The zero-order chi connectivity index (χ0) is 46.0. The van der Waals surface area contributed by atoms with Gasteiger partial charge in [-0.25, -0.2) is 4.79 Å². The lowest BCUT2D eigenvalue weighted by Gasteiger charge is -2.38. The number of anilines is 1. The Morgan fingerprint density at radius 1 is 0.877 bits per heavy atom. The van der Waals surface area contributed by atoms with E-state index in [1.807, 2.05) is 0 Å². The van der Waals surface area contributed by atoms with Crippen molar-refractivity contribution in [2.24, 2.45) is 0 Å². The van der Waals surface area contributed by atoms with Crippen LogP contribution in [0.2, 0.25) is 10.0 Å². The lowest BCUT2D eigenvalue weighted by atomic mass is 9.91. The van der Waals surface area contributed by atoms with Gasteiger partial charge in [-0.15, -0.1) is 0 Å². The number of halogens is 5. The molecule has 3 N–H and O–H groups in total. The van der Waals surface area contributed by atoms with Crippen molar-refractivity contribution in [1.82, 2.24) is 10.2 Å². The van der Waals surface area contributed by atoms with Gasteiger partial charge in [0, 0.05) is 30.5 Å². The van der Waals surface area contributed by atoms with E-state index < -0.39 is 53.6 Å². The molecule has 2 heterocycles. The Bertz CT molecular complexity index is 2870. The third-order valence-corrected chi connectivity index (χ3v) is 11.8. The van der Waals surface area contributed by atoms with E-state index >= 15 is 0 Å². The molecule has 16 heteroatoms. The molecule has 0 saturated heterocycles. The van der Waals surface area contributed by atoms with Gasteiger partial charge in [-0.1, -0.05) is 83.9 Å². The van der Waals surface area contributed by atoms with E-state index in [1.54, 1.807) is 103 Å². The molecule has 0 radical (unpaired) electrons. The average molecular weight is 920 g/mol. The first-order valence-corrected chi connectivity index (χ1v) is 20.8. The number of hydrogen-bond acceptors (Lipinski definition) is 7. The lowest BCUT2D eigenvalue weighted by Crippen LogP contribution is -2.56. The van der Waals surface area contributed by atoms with Gasteiger partial charge in [-0.05, 0) is 100 Å². The molecule has 0 aliphatic carbocycles. The Morgan fingerprint density at radius 2 is 1.57 bits per heavy atom. The molecule has 328 valence electrons. The normalized spacial score (nSPS) is 15.9. The number of carboxylic acids is 1. The number of nitrogens with one attached hydrogen (secondary N) is 2. The van der Waals surface area contributed by atoms with Gasteiger partial charge in [-0.2, -0.15) is 18.4 Å². The summed E-state index contributed by atoms with van der Waals surface area (Å²) in [5, 5.41) is 25.6. The number of carboxylic acid groups (broad SMARTS) is 1. The first-order chi connectivity index (χ1) is 31.1. The van der Waals surface area contributed by atoms with Crippen molar-refractivity contribution in [2.45, 2.75) is 50.4 Å². The van der Waals surface area contributed by atoms with Crippen molar-refractivity contribution in [2.75, 3.05) is 5.32 Å². The molecule has 0 spiro atoms. The van der Waals surface area contributed by atoms with Crippen LogP contribution in [0.4, 0.5) is 18.9 Å². The summed E-state index contributed by atoms with van der Waals surface area (Å²) in [7, 11) is 0. The van der Waals surface area contributed by atoms with Crippen LogP contribution in [0.15, 0.2) is 127 Å². The first kappa shape index (κ1) is 44.3. The molecule has 0 aromatic heterocycles. The van der Waals surface area contributed by atoms with Gasteiger partial charge in [-0.3, -0.25) is 14.4 Å². The smallest absolute Gasteiger partial charge is 0.416 e. The number of nitrogens with zero attached hydrogens (tertiary/aromatic N) is 2. The topological polar surface area (TPSA) is 158 Å². The van der Waals surface area contributed by atoms with E-state index in [0.717, 1.165) is 33.7 Å². The van der Waals surface area contributed by atoms with Crippen LogP contribution in [-0.2, 0) is 46.6 Å². The minimum absolute atomic E-state index is 0.133. The van der Waals surface area contributed by atoms with Crippen LogP contribution < -0.4 is 20.1 Å². The summed E-state index contributed by atoms with van der Waals surface area (Å²) in [6.07, 6.45) is -6.15. The number of fused-ring (bicyclic) bond motifs is 2. The Morgan fingerprint density at radius 3 is 2.23 bits per heavy atom. The maximum Gasteiger partial charge on any atom is 0.416 e. The number of hydrogen-bond donors (Lipinski definition) is 3. The summed E-state index contributed by atoms with van der Waals surface area (Å²) in [6, 6.07) is 32.1. The van der Waals surface area contributed by atoms with Crippen LogP contribution in [0.1, 0.15) is 55.4 Å². The van der Waals surface area contributed by atoms with Crippen LogP contribution in [-0.4, -0.2) is 45.8 Å². The second-order valence-electron chi connectivity index (χ2n) is 15.4. The summed E-state index contributed by atoms with van der Waals surface area (Å²) >= 11 is 12.1. The van der Waals surface area contributed by atoms with Gasteiger partial charge in [0.1, 0.15) is 30.2 Å². The largest absolute Gasteiger partial charge is 0.489 e. The van der Waals surface area contributed by atoms with Crippen LogP contribution in [0.25, 0.3) is 11.1 Å². The molecule has 11 nitrogen and oxygen atoms in total. The van der Waals surface area contributed by atoms with Crippen molar-refractivity contribution in [1.29, 1.82) is 5.26 Å². The zero-order valence-corrected chi connectivity index (χ0v) is 35.4. The molecule has 6 aromatic rings. The molecule has 3 amide bonds. The molecule has 1 unspecified atom stereocenters. The van der Waals surface area contributed by atoms with Gasteiger partial charge in [0.05, 0.1) is 32.9 Å². The predicted molar refractivity (Wildman–Crippen MR) is 234 cm³/mol. The molecule has 2 aliphatic heterocycles. The quantitative estimate of drug-likeness (QED) is 0.116. The number of rotatable bonds is 11. The second kappa shape index (κ2) is 18.4. The number of ether oxygens (including phenoxy) is 2. The lowest BCUT2D eigenvalue weighted by molar-refractivity contribution is -0.142. The van der Waals surface area contributed by atoms with E-state index in [9.17, 15) is 37.5 Å². The molecule has 3 atom stereocenters. The van der Waals surface area contributed by atoms with Crippen LogP contribution in [0.5, 0.6) is 11.5 Å². The molecular weight excluding hydrogens is 884 g/mol. The van der Waals surface area contributed by atoms with E-state index in [4.69, 9.17) is 37.9 Å². The number of benzene rings is 6. The maximum absolute atomic E-state index is 14.2. The summed E-state index contributed by atoms with van der Waals surface area (Å²) in [4.78, 5) is 55.5. The average Bonchev–Trinajstić information content (AvgIpc) is 3.30. The molecule has 0 saturated carbocycles. The third-order valence-electron chi connectivity index (χ3n) is 11.1. The number of aliphatic carboxylic acids is 1. The van der Waals surface area contributed by atoms with Crippen molar-refractivity contribution in [3.8, 4) is 28.7 Å². The van der Waals surface area contributed by atoms with E-state index in [0.29, 0.717) is 49.7 Å². The summed E-state index contributed by atoms with van der Waals surface area (Å²) in [5.74, 6) is -2.81. The predicted octanol–water partition coefficient (Wildman–Crippen LogP) is 9.58. The van der Waals surface area contributed by atoms with Gasteiger partial charge in [0.15, 0.2) is 0 Å². The van der Waals surface area contributed by atoms with Crippen LogP contribution in [0.3, 0.4) is 0 Å². The van der Waals surface area contributed by atoms with Gasteiger partial charge in [0.2, 0.25) is 12.0 Å². The highest BCUT2D eigenvalue weighted by Gasteiger charge is 2.40.